The number of anilines is 1. The quantitative estimate of drug-likeness (QED) is 0.509. The summed E-state index contributed by atoms with van der Waals surface area (Å²) >= 11 is 0. The van der Waals surface area contributed by atoms with Crippen LogP contribution in [0.5, 0.6) is 5.75 Å². The molecule has 0 spiro atoms. The summed E-state index contributed by atoms with van der Waals surface area (Å²) in [5, 5.41) is 2.85. The summed E-state index contributed by atoms with van der Waals surface area (Å²) in [7, 11) is -2.16. The third-order valence-corrected chi connectivity index (χ3v) is 6.31. The van der Waals surface area contributed by atoms with Crippen molar-refractivity contribution in [1.82, 2.24) is 10.2 Å². The fourth-order valence-corrected chi connectivity index (χ4v) is 4.27. The first-order valence-electron chi connectivity index (χ1n) is 10.9. The fraction of sp³-hybridized carbons (Fsp3) is 0.417. The summed E-state index contributed by atoms with van der Waals surface area (Å²) in [6.45, 7) is 4.03. The lowest BCUT2D eigenvalue weighted by molar-refractivity contribution is -0.140. The van der Waals surface area contributed by atoms with E-state index in [1.165, 1.54) is 4.90 Å². The summed E-state index contributed by atoms with van der Waals surface area (Å²) in [5.74, 6) is -0.0397. The first-order valence-corrected chi connectivity index (χ1v) is 12.8. The molecule has 0 fully saturated rings. The van der Waals surface area contributed by atoms with Crippen LogP contribution in [0.1, 0.15) is 32.3 Å². The lowest BCUT2D eigenvalue weighted by Crippen LogP contribution is -2.52. The number of carbonyl (C=O) groups is 2. The van der Waals surface area contributed by atoms with E-state index in [0.29, 0.717) is 24.4 Å². The molecule has 0 aromatic heterocycles. The molecule has 0 bridgehead atoms. The Balaban J connectivity index is 2.38. The van der Waals surface area contributed by atoms with Crippen LogP contribution in [-0.2, 0) is 26.2 Å². The number of nitrogens with zero attached hydrogens (tertiary/aromatic N) is 2. The van der Waals surface area contributed by atoms with Crippen LogP contribution in [-0.4, -0.2) is 57.6 Å². The number of ether oxygens (including phenoxy) is 1. The smallest absolute Gasteiger partial charge is 0.244 e. The van der Waals surface area contributed by atoms with E-state index in [0.717, 1.165) is 22.5 Å². The minimum atomic E-state index is -3.73. The van der Waals surface area contributed by atoms with E-state index in [1.807, 2.05) is 26.0 Å². The van der Waals surface area contributed by atoms with E-state index in [2.05, 4.69) is 5.32 Å². The molecule has 2 aromatic carbocycles. The number of amides is 2. The van der Waals surface area contributed by atoms with E-state index in [4.69, 9.17) is 4.74 Å². The largest absolute Gasteiger partial charge is 0.497 e. The van der Waals surface area contributed by atoms with E-state index in [9.17, 15) is 18.0 Å². The van der Waals surface area contributed by atoms with Gasteiger partial charge in [-0.2, -0.15) is 0 Å². The molecule has 0 aliphatic heterocycles. The maximum atomic E-state index is 13.5. The zero-order valence-corrected chi connectivity index (χ0v) is 20.5. The highest BCUT2D eigenvalue weighted by atomic mass is 32.2. The molecule has 0 aliphatic rings. The fourth-order valence-electron chi connectivity index (χ4n) is 3.42. The van der Waals surface area contributed by atoms with Gasteiger partial charge in [0, 0.05) is 13.1 Å². The van der Waals surface area contributed by atoms with Crippen LogP contribution in [0.15, 0.2) is 54.6 Å². The summed E-state index contributed by atoms with van der Waals surface area (Å²) in [6, 6.07) is 14.9. The first kappa shape index (κ1) is 26.2. The number of methoxy groups -OCH3 is 1. The molecule has 9 heteroatoms. The van der Waals surface area contributed by atoms with Crippen LogP contribution in [0.25, 0.3) is 0 Å². The molecular formula is C24H33N3O5S. The van der Waals surface area contributed by atoms with Gasteiger partial charge < -0.3 is 15.0 Å². The Morgan fingerprint density at radius 3 is 2.18 bits per heavy atom. The predicted octanol–water partition coefficient (Wildman–Crippen LogP) is 2.79. The normalized spacial score (nSPS) is 12.0. The molecule has 0 saturated heterocycles. The van der Waals surface area contributed by atoms with Crippen molar-refractivity contribution in [3.63, 3.8) is 0 Å². The average Bonchev–Trinajstić information content (AvgIpc) is 2.81. The van der Waals surface area contributed by atoms with E-state index in [1.54, 1.807) is 49.6 Å². The molecule has 0 heterocycles. The highest BCUT2D eigenvalue weighted by Gasteiger charge is 2.31. The van der Waals surface area contributed by atoms with Gasteiger partial charge in [-0.3, -0.25) is 13.9 Å². The van der Waals surface area contributed by atoms with Crippen LogP contribution in [0.3, 0.4) is 0 Å². The van der Waals surface area contributed by atoms with Gasteiger partial charge in [-0.15, -0.1) is 0 Å². The molecule has 33 heavy (non-hydrogen) atoms. The third kappa shape index (κ3) is 7.49. The Labute approximate surface area is 196 Å². The third-order valence-electron chi connectivity index (χ3n) is 5.17. The second-order valence-electron chi connectivity index (χ2n) is 7.69. The van der Waals surface area contributed by atoms with Crippen molar-refractivity contribution < 1.29 is 22.7 Å². The first-order chi connectivity index (χ1) is 15.7. The summed E-state index contributed by atoms with van der Waals surface area (Å²) in [4.78, 5) is 27.8. The number of rotatable bonds is 12. The minimum absolute atomic E-state index is 0.160. The van der Waals surface area contributed by atoms with Crippen LogP contribution in [0.2, 0.25) is 0 Å². The Bertz CT molecular complexity index is 1010. The summed E-state index contributed by atoms with van der Waals surface area (Å²) in [6.07, 6.45) is 2.22. The second kappa shape index (κ2) is 12.2. The van der Waals surface area contributed by atoms with Crippen molar-refractivity contribution in [2.24, 2.45) is 0 Å². The Morgan fingerprint density at radius 1 is 1.03 bits per heavy atom. The van der Waals surface area contributed by atoms with Gasteiger partial charge in [0.1, 0.15) is 18.3 Å². The number of benzene rings is 2. The Morgan fingerprint density at radius 2 is 1.67 bits per heavy atom. The SMILES string of the molecule is CCCNC(=O)C(CC)N(Cc1ccc(OC)cc1)C(=O)CN(c1ccccc1)S(C)(=O)=O. The maximum Gasteiger partial charge on any atom is 0.244 e. The highest BCUT2D eigenvalue weighted by molar-refractivity contribution is 7.92. The number of sulfonamides is 1. The van der Waals surface area contributed by atoms with E-state index < -0.39 is 28.5 Å². The Hall–Kier alpha value is -3.07. The molecule has 2 amide bonds. The van der Waals surface area contributed by atoms with E-state index in [-0.39, 0.29) is 12.5 Å². The van der Waals surface area contributed by atoms with Crippen molar-refractivity contribution in [2.75, 3.05) is 30.8 Å². The summed E-state index contributed by atoms with van der Waals surface area (Å²) in [5.41, 5.74) is 1.19. The van der Waals surface area contributed by atoms with Gasteiger partial charge in [-0.1, -0.05) is 44.2 Å². The van der Waals surface area contributed by atoms with Crippen molar-refractivity contribution in [3.8, 4) is 5.75 Å². The van der Waals surface area contributed by atoms with Crippen LogP contribution < -0.4 is 14.4 Å². The second-order valence-corrected chi connectivity index (χ2v) is 9.60. The van der Waals surface area contributed by atoms with E-state index >= 15 is 0 Å². The maximum absolute atomic E-state index is 13.5. The molecule has 1 N–H and O–H groups in total. The standard InChI is InChI=1S/C24H33N3O5S/c1-5-16-25-24(29)22(6-2)26(17-19-12-14-21(32-3)15-13-19)23(28)18-27(33(4,30)31)20-10-8-7-9-11-20/h7-15,22H,5-6,16-18H2,1-4H3,(H,25,29). The molecule has 2 aromatic rings. The van der Waals surface area contributed by atoms with Gasteiger partial charge in [0.2, 0.25) is 21.8 Å². The molecule has 2 rings (SSSR count). The number of carbonyl (C=O) groups excluding carboxylic acids is 2. The zero-order chi connectivity index (χ0) is 24.4. The van der Waals surface area contributed by atoms with Gasteiger partial charge in [0.05, 0.1) is 19.1 Å². The number of hydrogen-bond donors (Lipinski definition) is 1. The monoisotopic (exact) mass is 475 g/mol. The van der Waals surface area contributed by atoms with Gasteiger partial charge >= 0.3 is 0 Å². The van der Waals surface area contributed by atoms with Crippen LogP contribution in [0, 0.1) is 0 Å². The number of nitrogens with one attached hydrogen (secondary N) is 1. The highest BCUT2D eigenvalue weighted by Crippen LogP contribution is 2.20. The van der Waals surface area contributed by atoms with Crippen molar-refractivity contribution in [2.45, 2.75) is 39.3 Å². The molecular weight excluding hydrogens is 442 g/mol. The molecule has 180 valence electrons. The predicted molar refractivity (Wildman–Crippen MR) is 130 cm³/mol. The van der Waals surface area contributed by atoms with Gasteiger partial charge in [-0.25, -0.2) is 8.42 Å². The zero-order valence-electron chi connectivity index (χ0n) is 19.7. The van der Waals surface area contributed by atoms with Crippen molar-refractivity contribution in [1.29, 1.82) is 0 Å². The van der Waals surface area contributed by atoms with Crippen molar-refractivity contribution >= 4 is 27.5 Å². The summed E-state index contributed by atoms with van der Waals surface area (Å²) < 4.78 is 31.2. The Kier molecular flexibility index (Phi) is 9.72. The lowest BCUT2D eigenvalue weighted by Gasteiger charge is -2.32. The number of para-hydroxylation sites is 1. The van der Waals surface area contributed by atoms with Gasteiger partial charge in [0.25, 0.3) is 0 Å². The molecule has 1 unspecified atom stereocenters. The average molecular weight is 476 g/mol. The topological polar surface area (TPSA) is 96.0 Å². The van der Waals surface area contributed by atoms with Gasteiger partial charge in [-0.05, 0) is 42.7 Å². The molecule has 1 atom stereocenters. The van der Waals surface area contributed by atoms with Gasteiger partial charge in [0.15, 0.2) is 0 Å². The minimum Gasteiger partial charge on any atom is -0.497 e. The van der Waals surface area contributed by atoms with Crippen LogP contribution >= 0.6 is 0 Å². The number of hydrogen-bond acceptors (Lipinski definition) is 5. The molecule has 0 aliphatic carbocycles. The lowest BCUT2D eigenvalue weighted by atomic mass is 10.1. The van der Waals surface area contributed by atoms with Crippen molar-refractivity contribution in [3.05, 3.63) is 60.2 Å². The molecule has 8 nitrogen and oxygen atoms in total. The molecule has 0 radical (unpaired) electrons. The molecule has 0 saturated carbocycles. The van der Waals surface area contributed by atoms with Crippen LogP contribution in [0.4, 0.5) is 5.69 Å².